The van der Waals surface area contributed by atoms with E-state index in [4.69, 9.17) is 5.73 Å². The summed E-state index contributed by atoms with van der Waals surface area (Å²) >= 11 is 0. The van der Waals surface area contributed by atoms with Crippen molar-refractivity contribution in [3.05, 3.63) is 42.1 Å². The fourth-order valence-electron chi connectivity index (χ4n) is 2.57. The Morgan fingerprint density at radius 2 is 1.88 bits per heavy atom. The predicted molar refractivity (Wildman–Crippen MR) is 98.0 cm³/mol. The molecule has 0 atom stereocenters. The van der Waals surface area contributed by atoms with Crippen LogP contribution < -0.4 is 16.0 Å². The lowest BCUT2D eigenvalue weighted by Crippen LogP contribution is -2.30. The van der Waals surface area contributed by atoms with Crippen LogP contribution in [0.4, 0.5) is 17.5 Å². The number of benzene rings is 1. The Kier molecular flexibility index (Phi) is 7.01. The van der Waals surface area contributed by atoms with Gasteiger partial charge in [-0.1, -0.05) is 25.1 Å². The normalized spacial score (nSPS) is 13.6. The van der Waals surface area contributed by atoms with E-state index in [0.29, 0.717) is 12.4 Å². The second kappa shape index (κ2) is 9.50. The minimum atomic E-state index is 0.398. The summed E-state index contributed by atoms with van der Waals surface area (Å²) in [7, 11) is 0. The van der Waals surface area contributed by atoms with Gasteiger partial charge in [0.1, 0.15) is 5.82 Å². The molecule has 6 nitrogen and oxygen atoms in total. The van der Waals surface area contributed by atoms with Crippen molar-refractivity contribution in [1.29, 1.82) is 0 Å². The lowest BCUT2D eigenvalue weighted by molar-refractivity contribution is -0.105. The average molecular weight is 327 g/mol. The fraction of sp³-hybridized carbons (Fsp3) is 0.389. The maximum Gasteiger partial charge on any atom is 0.222 e. The number of rotatable bonds is 4. The summed E-state index contributed by atoms with van der Waals surface area (Å²) in [5, 5.41) is 2.53. The van der Waals surface area contributed by atoms with Crippen LogP contribution in [0.5, 0.6) is 0 Å². The Balaban J connectivity index is 0.000000198. The maximum atomic E-state index is 9.86. The van der Waals surface area contributed by atoms with E-state index in [-0.39, 0.29) is 0 Å². The van der Waals surface area contributed by atoms with Crippen LogP contribution in [0, 0.1) is 0 Å². The topological polar surface area (TPSA) is 84.1 Å². The Hall–Kier alpha value is -2.63. The first-order valence-corrected chi connectivity index (χ1v) is 8.36. The van der Waals surface area contributed by atoms with Gasteiger partial charge in [-0.2, -0.15) is 4.98 Å². The van der Waals surface area contributed by atoms with Gasteiger partial charge in [-0.25, -0.2) is 4.98 Å². The van der Waals surface area contributed by atoms with Gasteiger partial charge in [-0.05, 0) is 37.8 Å². The standard InChI is InChI=1S/C11H18N4.C7H7NO/c1-2-9-8-10(14-11(12)13-9)15-6-4-3-5-7-15;9-6-8-7-4-2-1-3-5-7/h8H,2-7H2,1H3,(H2,12,13,14);1-6H,(H,8,9). The lowest BCUT2D eigenvalue weighted by Gasteiger charge is -2.27. The van der Waals surface area contributed by atoms with Crippen molar-refractivity contribution in [2.45, 2.75) is 32.6 Å². The molecule has 1 aliphatic rings. The summed E-state index contributed by atoms with van der Waals surface area (Å²) in [6.07, 6.45) is 5.41. The van der Waals surface area contributed by atoms with E-state index in [1.165, 1.54) is 19.3 Å². The number of nitrogens with one attached hydrogen (secondary N) is 1. The summed E-state index contributed by atoms with van der Waals surface area (Å²) in [4.78, 5) is 20.7. The van der Waals surface area contributed by atoms with Crippen LogP contribution >= 0.6 is 0 Å². The number of nitrogens with two attached hydrogens (primary N) is 1. The van der Waals surface area contributed by atoms with Crippen LogP contribution in [0.3, 0.4) is 0 Å². The Morgan fingerprint density at radius 1 is 1.17 bits per heavy atom. The van der Waals surface area contributed by atoms with Gasteiger partial charge in [-0.3, -0.25) is 4.79 Å². The number of amides is 1. The molecular weight excluding hydrogens is 302 g/mol. The van der Waals surface area contributed by atoms with Crippen molar-refractivity contribution >= 4 is 23.9 Å². The van der Waals surface area contributed by atoms with E-state index in [0.717, 1.165) is 36.7 Å². The van der Waals surface area contributed by atoms with Gasteiger partial charge in [0.25, 0.3) is 0 Å². The minimum Gasteiger partial charge on any atom is -0.368 e. The number of aryl methyl sites for hydroxylation is 1. The average Bonchev–Trinajstić information content (AvgIpc) is 2.63. The van der Waals surface area contributed by atoms with Crippen molar-refractivity contribution in [3.8, 4) is 0 Å². The number of nitrogen functional groups attached to an aromatic ring is 1. The molecule has 0 saturated carbocycles. The summed E-state index contributed by atoms with van der Waals surface area (Å²) in [5.74, 6) is 1.40. The molecule has 1 aromatic carbocycles. The molecular formula is C18H25N5O. The number of hydrogen-bond donors (Lipinski definition) is 2. The molecule has 0 unspecified atom stereocenters. The highest BCUT2D eigenvalue weighted by Gasteiger charge is 2.13. The molecule has 1 saturated heterocycles. The first-order chi connectivity index (χ1) is 11.7. The minimum absolute atomic E-state index is 0.398. The number of aromatic nitrogens is 2. The number of hydrogen-bond acceptors (Lipinski definition) is 5. The summed E-state index contributed by atoms with van der Waals surface area (Å²) in [6, 6.07) is 11.3. The third kappa shape index (κ3) is 5.53. The van der Waals surface area contributed by atoms with Crippen molar-refractivity contribution in [2.75, 3.05) is 29.0 Å². The van der Waals surface area contributed by atoms with Crippen molar-refractivity contribution < 1.29 is 4.79 Å². The van der Waals surface area contributed by atoms with Crippen LogP contribution in [0.2, 0.25) is 0 Å². The van der Waals surface area contributed by atoms with E-state index >= 15 is 0 Å². The van der Waals surface area contributed by atoms with Gasteiger partial charge in [0.2, 0.25) is 12.4 Å². The molecule has 1 fully saturated rings. The van der Waals surface area contributed by atoms with Crippen LogP contribution in [-0.2, 0) is 11.2 Å². The lowest BCUT2D eigenvalue weighted by atomic mass is 10.1. The molecule has 24 heavy (non-hydrogen) atoms. The molecule has 1 amide bonds. The number of carbonyl (C=O) groups excluding carboxylic acids is 1. The molecule has 6 heteroatoms. The molecule has 1 aromatic heterocycles. The van der Waals surface area contributed by atoms with E-state index < -0.39 is 0 Å². The molecule has 0 radical (unpaired) electrons. The van der Waals surface area contributed by atoms with Gasteiger partial charge < -0.3 is 16.0 Å². The van der Waals surface area contributed by atoms with E-state index in [1.54, 1.807) is 0 Å². The second-order valence-corrected chi connectivity index (χ2v) is 5.61. The first kappa shape index (κ1) is 17.7. The fourth-order valence-corrected chi connectivity index (χ4v) is 2.57. The third-order valence-corrected chi connectivity index (χ3v) is 3.82. The number of piperidine rings is 1. The molecule has 1 aliphatic heterocycles. The second-order valence-electron chi connectivity index (χ2n) is 5.61. The zero-order valence-electron chi connectivity index (χ0n) is 14.1. The molecule has 2 aromatic rings. The van der Waals surface area contributed by atoms with E-state index in [2.05, 4.69) is 33.2 Å². The quantitative estimate of drug-likeness (QED) is 0.844. The van der Waals surface area contributed by atoms with Gasteiger partial charge in [0, 0.05) is 30.5 Å². The summed E-state index contributed by atoms with van der Waals surface area (Å²) in [6.45, 7) is 4.28. The first-order valence-electron chi connectivity index (χ1n) is 8.36. The summed E-state index contributed by atoms with van der Waals surface area (Å²) in [5.41, 5.74) is 7.55. The predicted octanol–water partition coefficient (Wildman–Crippen LogP) is 2.87. The molecule has 0 spiro atoms. The van der Waals surface area contributed by atoms with Crippen LogP contribution in [0.1, 0.15) is 31.9 Å². The third-order valence-electron chi connectivity index (χ3n) is 3.82. The molecule has 0 aliphatic carbocycles. The molecule has 2 heterocycles. The largest absolute Gasteiger partial charge is 0.368 e. The van der Waals surface area contributed by atoms with Gasteiger partial charge >= 0.3 is 0 Å². The monoisotopic (exact) mass is 327 g/mol. The molecule has 0 bridgehead atoms. The highest BCUT2D eigenvalue weighted by Crippen LogP contribution is 2.19. The Morgan fingerprint density at radius 3 is 2.50 bits per heavy atom. The molecule has 128 valence electrons. The van der Waals surface area contributed by atoms with E-state index in [1.807, 2.05) is 30.3 Å². The van der Waals surface area contributed by atoms with Gasteiger partial charge in [-0.15, -0.1) is 0 Å². The van der Waals surface area contributed by atoms with Crippen LogP contribution in [0.25, 0.3) is 0 Å². The molecule has 3 rings (SSSR count). The SMILES string of the molecule is CCc1cc(N2CCCCC2)nc(N)n1.O=CNc1ccccc1. The zero-order chi connectivity index (χ0) is 17.2. The number of para-hydroxylation sites is 1. The summed E-state index contributed by atoms with van der Waals surface area (Å²) < 4.78 is 0. The number of carbonyl (C=O) groups is 1. The molecule has 3 N–H and O–H groups in total. The number of anilines is 3. The van der Waals surface area contributed by atoms with Crippen LogP contribution in [-0.4, -0.2) is 29.5 Å². The smallest absolute Gasteiger partial charge is 0.222 e. The Labute approximate surface area is 143 Å². The maximum absolute atomic E-state index is 9.86. The van der Waals surface area contributed by atoms with Crippen LogP contribution in [0.15, 0.2) is 36.4 Å². The van der Waals surface area contributed by atoms with Gasteiger partial charge in [0.15, 0.2) is 0 Å². The highest BCUT2D eigenvalue weighted by atomic mass is 16.1. The van der Waals surface area contributed by atoms with Gasteiger partial charge in [0.05, 0.1) is 0 Å². The highest BCUT2D eigenvalue weighted by molar-refractivity contribution is 5.70. The zero-order valence-corrected chi connectivity index (χ0v) is 14.1. The van der Waals surface area contributed by atoms with Crippen molar-refractivity contribution in [1.82, 2.24) is 9.97 Å². The Bertz CT molecular complexity index is 627. The number of nitrogens with zero attached hydrogens (tertiary/aromatic N) is 3. The van der Waals surface area contributed by atoms with E-state index in [9.17, 15) is 4.79 Å². The van der Waals surface area contributed by atoms with Crippen molar-refractivity contribution in [3.63, 3.8) is 0 Å². The van der Waals surface area contributed by atoms with Crippen molar-refractivity contribution in [2.24, 2.45) is 0 Å².